The molecule has 1 aromatic rings. The summed E-state index contributed by atoms with van der Waals surface area (Å²) in [7, 11) is 2.08. The van der Waals surface area contributed by atoms with E-state index in [9.17, 15) is 19.6 Å². The van der Waals surface area contributed by atoms with Gasteiger partial charge in [-0.2, -0.15) is 0 Å². The summed E-state index contributed by atoms with van der Waals surface area (Å²) >= 11 is 0. The van der Waals surface area contributed by atoms with Crippen LogP contribution in [0.4, 0.5) is 11.6 Å². The number of nitrogens with one attached hydrogen (secondary N) is 2. The summed E-state index contributed by atoms with van der Waals surface area (Å²) in [6, 6.07) is -0.727. The summed E-state index contributed by atoms with van der Waals surface area (Å²) in [6.07, 6.45) is 9.67. The Balaban J connectivity index is 1.44. The van der Waals surface area contributed by atoms with Gasteiger partial charge in [0.15, 0.2) is 5.82 Å². The van der Waals surface area contributed by atoms with E-state index in [1.165, 1.54) is 11.2 Å². The Morgan fingerprint density at radius 3 is 2.67 bits per heavy atom. The van der Waals surface area contributed by atoms with Crippen molar-refractivity contribution in [3.8, 4) is 0 Å². The first-order valence-corrected chi connectivity index (χ1v) is 13.0. The number of nitrogens with zero attached hydrogens (tertiary/aromatic N) is 6. The van der Waals surface area contributed by atoms with Crippen LogP contribution in [0.3, 0.4) is 0 Å². The molecule has 2 saturated heterocycles. The van der Waals surface area contributed by atoms with Gasteiger partial charge in [0.25, 0.3) is 0 Å². The molecule has 12 nitrogen and oxygen atoms in total. The molecule has 3 fully saturated rings. The van der Waals surface area contributed by atoms with Crippen LogP contribution in [-0.2, 0) is 14.4 Å². The van der Waals surface area contributed by atoms with E-state index in [0.717, 1.165) is 58.3 Å². The zero-order chi connectivity index (χ0) is 25.5. The largest absolute Gasteiger partial charge is 0.353 e. The number of hydroxylamine groups is 2. The van der Waals surface area contributed by atoms with Gasteiger partial charge in [-0.05, 0) is 32.2 Å². The van der Waals surface area contributed by atoms with Crippen molar-refractivity contribution in [1.29, 1.82) is 0 Å². The smallest absolute Gasteiger partial charge is 0.249 e. The first-order chi connectivity index (χ1) is 17.4. The topological polar surface area (TPSA) is 134 Å². The Hall–Kier alpha value is -2.83. The van der Waals surface area contributed by atoms with Crippen LogP contribution in [0.2, 0.25) is 0 Å². The summed E-state index contributed by atoms with van der Waals surface area (Å²) in [5, 5.41) is 14.6. The lowest BCUT2D eigenvalue weighted by Crippen LogP contribution is -2.59. The van der Waals surface area contributed by atoms with Gasteiger partial charge in [0.2, 0.25) is 18.2 Å². The van der Waals surface area contributed by atoms with Crippen LogP contribution in [0.25, 0.3) is 0 Å². The van der Waals surface area contributed by atoms with Crippen LogP contribution in [0.5, 0.6) is 0 Å². The highest BCUT2D eigenvalue weighted by atomic mass is 16.5. The molecule has 4 rings (SSSR count). The SMILES string of the molecule is CN1CCN(c2cncc(NC(=O)[C@@H]3CCCNN3C(=O)[C@H](CC3CCCC3)CN(O)C=O)n2)CC1. The molecule has 12 heteroatoms. The Labute approximate surface area is 211 Å². The summed E-state index contributed by atoms with van der Waals surface area (Å²) < 4.78 is 0. The Bertz CT molecular complexity index is 904. The molecule has 1 aromatic heterocycles. The van der Waals surface area contributed by atoms with Crippen LogP contribution >= 0.6 is 0 Å². The number of amides is 3. The molecule has 0 spiro atoms. The van der Waals surface area contributed by atoms with Crippen LogP contribution in [-0.4, -0.2) is 101 Å². The fourth-order valence-corrected chi connectivity index (χ4v) is 5.39. The zero-order valence-electron chi connectivity index (χ0n) is 21.0. The van der Waals surface area contributed by atoms with Gasteiger partial charge in [-0.3, -0.25) is 29.6 Å². The lowest BCUT2D eigenvalue weighted by molar-refractivity contribution is -0.161. The number of hydrogen-bond donors (Lipinski definition) is 3. The maximum atomic E-state index is 13.6. The van der Waals surface area contributed by atoms with Gasteiger partial charge >= 0.3 is 0 Å². The van der Waals surface area contributed by atoms with Crippen molar-refractivity contribution in [2.24, 2.45) is 11.8 Å². The monoisotopic (exact) mass is 502 g/mol. The van der Waals surface area contributed by atoms with Gasteiger partial charge in [-0.15, -0.1) is 0 Å². The Morgan fingerprint density at radius 1 is 1.19 bits per heavy atom. The average Bonchev–Trinajstić information content (AvgIpc) is 3.41. The molecule has 0 radical (unpaired) electrons. The van der Waals surface area contributed by atoms with Gasteiger partial charge in [-0.25, -0.2) is 15.5 Å². The molecule has 2 atom stereocenters. The summed E-state index contributed by atoms with van der Waals surface area (Å²) in [6.45, 7) is 4.01. The lowest BCUT2D eigenvalue weighted by atomic mass is 9.91. The van der Waals surface area contributed by atoms with E-state index >= 15 is 0 Å². The minimum Gasteiger partial charge on any atom is -0.353 e. The standard InChI is InChI=1S/C24H38N8O4/c1-29-9-11-30(12-10-29)22-15-25-14-21(27-22)28-23(34)20-7-4-8-26-32(20)24(35)19(16-31(36)17-33)13-18-5-2-3-6-18/h14-15,17-20,26,36H,2-13,16H2,1H3,(H,27,28,34)/t19-,20+/m1/s1. The summed E-state index contributed by atoms with van der Waals surface area (Å²) in [5.74, 6) is 0.230. The fraction of sp³-hybridized carbons (Fsp3) is 0.708. The number of rotatable bonds is 9. The van der Waals surface area contributed by atoms with Gasteiger partial charge in [0, 0.05) is 32.7 Å². The third kappa shape index (κ3) is 6.68. The predicted octanol–water partition coefficient (Wildman–Crippen LogP) is 0.707. The van der Waals surface area contributed by atoms with E-state index in [2.05, 4.69) is 37.6 Å². The summed E-state index contributed by atoms with van der Waals surface area (Å²) in [4.78, 5) is 51.2. The second kappa shape index (κ2) is 12.4. The summed E-state index contributed by atoms with van der Waals surface area (Å²) in [5.41, 5.74) is 3.09. The van der Waals surface area contributed by atoms with Gasteiger partial charge in [0.05, 0.1) is 24.9 Å². The van der Waals surface area contributed by atoms with Crippen molar-refractivity contribution in [2.75, 3.05) is 56.5 Å². The normalized spacial score (nSPS) is 22.3. The molecule has 36 heavy (non-hydrogen) atoms. The first-order valence-electron chi connectivity index (χ1n) is 13.0. The van der Waals surface area contributed by atoms with Crippen molar-refractivity contribution in [1.82, 2.24) is 30.4 Å². The zero-order valence-corrected chi connectivity index (χ0v) is 21.0. The number of carbonyl (C=O) groups excluding carboxylic acids is 3. The molecule has 1 saturated carbocycles. The molecule has 3 amide bonds. The second-order valence-electron chi connectivity index (χ2n) is 10.1. The van der Waals surface area contributed by atoms with Crippen LogP contribution < -0.4 is 15.6 Å². The Morgan fingerprint density at radius 2 is 1.94 bits per heavy atom. The lowest BCUT2D eigenvalue weighted by Gasteiger charge is -2.38. The number of hydrogen-bond acceptors (Lipinski definition) is 9. The maximum absolute atomic E-state index is 13.6. The van der Waals surface area contributed by atoms with Gasteiger partial charge in [-0.1, -0.05) is 25.7 Å². The number of likely N-dealkylation sites (N-methyl/N-ethyl adjacent to an activating group) is 1. The highest BCUT2D eigenvalue weighted by Crippen LogP contribution is 2.31. The highest BCUT2D eigenvalue weighted by Gasteiger charge is 2.37. The molecular weight excluding hydrogens is 464 g/mol. The number of anilines is 2. The van der Waals surface area contributed by atoms with Crippen LogP contribution in [0.15, 0.2) is 12.4 Å². The van der Waals surface area contributed by atoms with Crippen LogP contribution in [0.1, 0.15) is 44.9 Å². The number of carbonyl (C=O) groups is 3. The van der Waals surface area contributed by atoms with E-state index in [-0.39, 0.29) is 18.4 Å². The van der Waals surface area contributed by atoms with E-state index in [1.54, 1.807) is 6.20 Å². The maximum Gasteiger partial charge on any atom is 0.249 e. The minimum absolute atomic E-state index is 0.0934. The molecule has 0 bridgehead atoms. The van der Waals surface area contributed by atoms with Crippen molar-refractivity contribution in [3.05, 3.63) is 12.4 Å². The van der Waals surface area contributed by atoms with E-state index in [4.69, 9.17) is 0 Å². The molecule has 198 valence electrons. The molecule has 3 heterocycles. The highest BCUT2D eigenvalue weighted by molar-refractivity contribution is 5.96. The molecule has 2 aliphatic heterocycles. The van der Waals surface area contributed by atoms with E-state index < -0.39 is 12.0 Å². The van der Waals surface area contributed by atoms with Crippen molar-refractivity contribution < 1.29 is 19.6 Å². The number of hydrazine groups is 1. The third-order valence-electron chi connectivity index (χ3n) is 7.46. The van der Waals surface area contributed by atoms with E-state index in [1.807, 2.05) is 0 Å². The number of aromatic nitrogens is 2. The van der Waals surface area contributed by atoms with Gasteiger partial charge < -0.3 is 15.1 Å². The van der Waals surface area contributed by atoms with E-state index in [0.29, 0.717) is 48.4 Å². The predicted molar refractivity (Wildman–Crippen MR) is 133 cm³/mol. The van der Waals surface area contributed by atoms with Crippen molar-refractivity contribution >= 4 is 29.9 Å². The number of piperazine rings is 1. The quantitative estimate of drug-likeness (QED) is 0.253. The van der Waals surface area contributed by atoms with Crippen molar-refractivity contribution in [2.45, 2.75) is 51.0 Å². The fourth-order valence-electron chi connectivity index (χ4n) is 5.39. The van der Waals surface area contributed by atoms with Crippen molar-refractivity contribution in [3.63, 3.8) is 0 Å². The Kier molecular flexibility index (Phi) is 9.05. The van der Waals surface area contributed by atoms with Crippen LogP contribution in [0, 0.1) is 11.8 Å². The molecule has 0 aromatic carbocycles. The first kappa shape index (κ1) is 26.2. The average molecular weight is 503 g/mol. The molecular formula is C24H38N8O4. The molecule has 3 N–H and O–H groups in total. The minimum atomic E-state index is -0.727. The molecule has 1 aliphatic carbocycles. The van der Waals surface area contributed by atoms with Gasteiger partial charge in [0.1, 0.15) is 11.9 Å². The molecule has 0 unspecified atom stereocenters. The second-order valence-corrected chi connectivity index (χ2v) is 10.1. The molecule has 3 aliphatic rings. The third-order valence-corrected chi connectivity index (χ3v) is 7.46.